The highest BCUT2D eigenvalue weighted by Crippen LogP contribution is 2.08. The van der Waals surface area contributed by atoms with Gasteiger partial charge in [-0.05, 0) is 13.8 Å². The molecule has 0 radical (unpaired) electrons. The molecule has 0 saturated heterocycles. The second-order valence-corrected chi connectivity index (χ2v) is 4.13. The molecule has 2 atom stereocenters. The van der Waals surface area contributed by atoms with Gasteiger partial charge in [0.25, 0.3) is 0 Å². The van der Waals surface area contributed by atoms with Crippen LogP contribution in [0.4, 0.5) is 0 Å². The summed E-state index contributed by atoms with van der Waals surface area (Å²) in [7, 11) is 1.81. The Labute approximate surface area is 99.2 Å². The van der Waals surface area contributed by atoms with Gasteiger partial charge in [0.1, 0.15) is 6.33 Å². The molecule has 0 spiro atoms. The van der Waals surface area contributed by atoms with Crippen molar-refractivity contribution >= 4 is 23.1 Å². The lowest BCUT2D eigenvalue weighted by molar-refractivity contribution is -0.123. The fraction of sp³-hybridized carbons (Fsp3) is 0.556. The van der Waals surface area contributed by atoms with Gasteiger partial charge in [-0.1, -0.05) is 12.2 Å². The van der Waals surface area contributed by atoms with Gasteiger partial charge in [0.05, 0.1) is 16.9 Å². The average molecular weight is 241 g/mol. The van der Waals surface area contributed by atoms with Crippen LogP contribution in [0.5, 0.6) is 0 Å². The van der Waals surface area contributed by atoms with Crippen molar-refractivity contribution in [3.8, 4) is 0 Å². The Morgan fingerprint density at radius 1 is 1.62 bits per heavy atom. The summed E-state index contributed by atoms with van der Waals surface area (Å²) in [6.07, 6.45) is 1.58. The number of rotatable bonds is 4. The highest BCUT2D eigenvalue weighted by atomic mass is 32.1. The van der Waals surface area contributed by atoms with Crippen LogP contribution < -0.4 is 11.1 Å². The van der Waals surface area contributed by atoms with Crippen LogP contribution in [-0.4, -0.2) is 25.7 Å². The quantitative estimate of drug-likeness (QED) is 0.720. The molecule has 0 aliphatic heterocycles. The fourth-order valence-electron chi connectivity index (χ4n) is 1.22. The van der Waals surface area contributed by atoms with E-state index in [2.05, 4.69) is 15.5 Å². The van der Waals surface area contributed by atoms with Crippen LogP contribution in [0.1, 0.15) is 25.7 Å². The van der Waals surface area contributed by atoms with E-state index < -0.39 is 5.92 Å². The Morgan fingerprint density at radius 2 is 2.25 bits per heavy atom. The number of hydrogen-bond acceptors (Lipinski definition) is 4. The molecule has 1 amide bonds. The number of aryl methyl sites for hydroxylation is 1. The van der Waals surface area contributed by atoms with Gasteiger partial charge < -0.3 is 15.6 Å². The van der Waals surface area contributed by atoms with Crippen molar-refractivity contribution in [2.45, 2.75) is 19.9 Å². The molecule has 0 aromatic carbocycles. The summed E-state index contributed by atoms with van der Waals surface area (Å²) < 4.78 is 1.75. The van der Waals surface area contributed by atoms with Gasteiger partial charge in [-0.25, -0.2) is 0 Å². The van der Waals surface area contributed by atoms with Crippen molar-refractivity contribution in [2.24, 2.45) is 18.7 Å². The maximum absolute atomic E-state index is 11.7. The molecule has 1 aromatic heterocycles. The molecule has 6 nitrogen and oxygen atoms in total. The maximum Gasteiger partial charge on any atom is 0.230 e. The lowest BCUT2D eigenvalue weighted by Gasteiger charge is -2.15. The normalized spacial score (nSPS) is 14.2. The molecule has 7 heteroatoms. The summed E-state index contributed by atoms with van der Waals surface area (Å²) in [6.45, 7) is 3.50. The Kier molecular flexibility index (Phi) is 3.94. The zero-order chi connectivity index (χ0) is 12.3. The Balaban J connectivity index is 2.65. The molecule has 1 aromatic rings. The zero-order valence-corrected chi connectivity index (χ0v) is 10.3. The third-order valence-corrected chi connectivity index (χ3v) is 2.67. The largest absolute Gasteiger partial charge is 0.393 e. The fourth-order valence-corrected chi connectivity index (χ4v) is 1.32. The van der Waals surface area contributed by atoms with Crippen LogP contribution in [-0.2, 0) is 11.8 Å². The minimum absolute atomic E-state index is 0.183. The van der Waals surface area contributed by atoms with E-state index in [0.29, 0.717) is 5.82 Å². The number of aromatic nitrogens is 3. The lowest BCUT2D eigenvalue weighted by Crippen LogP contribution is -2.38. The van der Waals surface area contributed by atoms with Crippen molar-refractivity contribution < 1.29 is 4.79 Å². The predicted molar refractivity (Wildman–Crippen MR) is 63.5 cm³/mol. The van der Waals surface area contributed by atoms with Gasteiger partial charge in [0.15, 0.2) is 5.82 Å². The molecule has 0 aliphatic rings. The first-order valence-electron chi connectivity index (χ1n) is 4.87. The molecule has 16 heavy (non-hydrogen) atoms. The third kappa shape index (κ3) is 2.75. The van der Waals surface area contributed by atoms with Crippen LogP contribution in [0.15, 0.2) is 6.33 Å². The van der Waals surface area contributed by atoms with E-state index in [1.807, 2.05) is 14.0 Å². The summed E-state index contributed by atoms with van der Waals surface area (Å²) >= 11 is 4.76. The molecule has 1 rings (SSSR count). The van der Waals surface area contributed by atoms with Gasteiger partial charge in [-0.2, -0.15) is 0 Å². The first-order valence-corrected chi connectivity index (χ1v) is 5.28. The molecule has 1 heterocycles. The SMILES string of the molecule is CC(C(=O)NC(C)c1nncn1C)C(N)=S. The number of carbonyl (C=O) groups excluding carboxylic acids is 1. The summed E-state index contributed by atoms with van der Waals surface area (Å²) in [4.78, 5) is 11.8. The lowest BCUT2D eigenvalue weighted by atomic mass is 10.1. The molecule has 0 fully saturated rings. The third-order valence-electron chi connectivity index (χ3n) is 2.31. The van der Waals surface area contributed by atoms with Crippen LogP contribution in [0.3, 0.4) is 0 Å². The number of nitrogens with zero attached hydrogens (tertiary/aromatic N) is 3. The Bertz CT molecular complexity index is 402. The van der Waals surface area contributed by atoms with Crippen LogP contribution in [0.2, 0.25) is 0 Å². The highest BCUT2D eigenvalue weighted by molar-refractivity contribution is 7.80. The van der Waals surface area contributed by atoms with Gasteiger partial charge in [-0.3, -0.25) is 4.79 Å². The number of nitrogens with one attached hydrogen (secondary N) is 1. The molecular formula is C9H15N5OS. The second-order valence-electron chi connectivity index (χ2n) is 3.65. The van der Waals surface area contributed by atoms with Crippen molar-refractivity contribution in [1.29, 1.82) is 0 Å². The second kappa shape index (κ2) is 5.02. The summed E-state index contributed by atoms with van der Waals surface area (Å²) in [5, 5.41) is 10.4. The first-order chi connectivity index (χ1) is 7.43. The molecule has 0 bridgehead atoms. The van der Waals surface area contributed by atoms with Crippen LogP contribution >= 0.6 is 12.2 Å². The van der Waals surface area contributed by atoms with E-state index in [1.165, 1.54) is 0 Å². The number of carbonyl (C=O) groups is 1. The van der Waals surface area contributed by atoms with E-state index >= 15 is 0 Å². The smallest absolute Gasteiger partial charge is 0.230 e. The first kappa shape index (κ1) is 12.6. The molecule has 0 saturated carbocycles. The van der Waals surface area contributed by atoms with E-state index in [4.69, 9.17) is 18.0 Å². The standard InChI is InChI=1S/C9H15N5OS/c1-5(7(10)16)9(15)12-6(2)8-13-11-4-14(8)3/h4-6H,1-3H3,(H2,10,16)(H,12,15). The molecule has 3 N–H and O–H groups in total. The van der Waals surface area contributed by atoms with E-state index in [0.717, 1.165) is 0 Å². The van der Waals surface area contributed by atoms with Crippen LogP contribution in [0.25, 0.3) is 0 Å². The number of thiocarbonyl (C=S) groups is 1. The van der Waals surface area contributed by atoms with Crippen molar-refractivity contribution in [3.05, 3.63) is 12.2 Å². The zero-order valence-electron chi connectivity index (χ0n) is 9.47. The topological polar surface area (TPSA) is 85.8 Å². The number of hydrogen-bond donors (Lipinski definition) is 2. The maximum atomic E-state index is 11.7. The molecule has 0 aliphatic carbocycles. The van der Waals surface area contributed by atoms with E-state index in [-0.39, 0.29) is 16.9 Å². The summed E-state index contributed by atoms with van der Waals surface area (Å²) in [5.41, 5.74) is 5.40. The molecule has 88 valence electrons. The highest BCUT2D eigenvalue weighted by Gasteiger charge is 2.20. The van der Waals surface area contributed by atoms with Gasteiger partial charge >= 0.3 is 0 Å². The van der Waals surface area contributed by atoms with Gasteiger partial charge in [0.2, 0.25) is 5.91 Å². The van der Waals surface area contributed by atoms with Crippen LogP contribution in [0, 0.1) is 5.92 Å². The van der Waals surface area contributed by atoms with Crippen molar-refractivity contribution in [1.82, 2.24) is 20.1 Å². The van der Waals surface area contributed by atoms with Crippen molar-refractivity contribution in [2.75, 3.05) is 0 Å². The number of nitrogens with two attached hydrogens (primary N) is 1. The minimum atomic E-state index is -0.481. The minimum Gasteiger partial charge on any atom is -0.393 e. The average Bonchev–Trinajstić information content (AvgIpc) is 2.62. The van der Waals surface area contributed by atoms with Gasteiger partial charge in [-0.15, -0.1) is 10.2 Å². The Hall–Kier alpha value is -1.50. The predicted octanol–water partition coefficient (Wildman–Crippen LogP) is -0.0855. The summed E-state index contributed by atoms with van der Waals surface area (Å²) in [5.74, 6) is -0.00262. The van der Waals surface area contributed by atoms with Gasteiger partial charge in [0, 0.05) is 7.05 Å². The Morgan fingerprint density at radius 3 is 2.69 bits per heavy atom. The summed E-state index contributed by atoms with van der Waals surface area (Å²) in [6, 6.07) is -0.225. The molecular weight excluding hydrogens is 226 g/mol. The van der Waals surface area contributed by atoms with Crippen molar-refractivity contribution in [3.63, 3.8) is 0 Å². The molecule has 2 unspecified atom stereocenters. The number of amides is 1. The van der Waals surface area contributed by atoms with E-state index in [9.17, 15) is 4.79 Å². The van der Waals surface area contributed by atoms with E-state index in [1.54, 1.807) is 17.8 Å². The monoisotopic (exact) mass is 241 g/mol.